The number of halogens is 1. The van der Waals surface area contributed by atoms with E-state index in [4.69, 9.17) is 46.8 Å². The van der Waals surface area contributed by atoms with Crippen LogP contribution in [0, 0.1) is 5.92 Å². The fraction of sp³-hybridized carbons (Fsp3) is 0.467. The normalized spacial score (nSPS) is 25.4. The van der Waals surface area contributed by atoms with E-state index in [1.165, 1.54) is 85.7 Å². The van der Waals surface area contributed by atoms with Crippen molar-refractivity contribution >= 4 is 147 Å². The molecular weight excluding hydrogens is 1780 g/mol. The second kappa shape index (κ2) is 47.3. The van der Waals surface area contributed by atoms with E-state index >= 15 is 19.2 Å². The number of allylic oxidation sites excluding steroid dienone is 3. The van der Waals surface area contributed by atoms with Crippen LogP contribution in [0.1, 0.15) is 94.5 Å². The van der Waals surface area contributed by atoms with Gasteiger partial charge in [-0.15, -0.1) is 0 Å². The summed E-state index contributed by atoms with van der Waals surface area (Å²) in [5, 5.41) is 61.4. The first kappa shape index (κ1) is 101. The number of esters is 1. The number of phenols is 1. The van der Waals surface area contributed by atoms with E-state index in [-0.39, 0.29) is 110 Å². The molecule has 0 spiro atoms. The zero-order chi connectivity index (χ0) is 94.4. The smallest absolute Gasteiger partial charge is 0.409 e. The molecule has 5 aromatic carbocycles. The van der Waals surface area contributed by atoms with Gasteiger partial charge < -0.3 is 113 Å². The molecule has 0 saturated carbocycles. The minimum Gasteiger partial charge on any atom is -0.508 e. The summed E-state index contributed by atoms with van der Waals surface area (Å²) in [7, 11) is 10.4. The largest absolute Gasteiger partial charge is 0.508 e. The summed E-state index contributed by atoms with van der Waals surface area (Å²) in [6.07, 6.45) is 2.62. The Balaban J connectivity index is 0.788. The first-order valence-corrected chi connectivity index (χ1v) is 48.8. The van der Waals surface area contributed by atoms with Crippen molar-refractivity contribution in [3.63, 3.8) is 0 Å². The van der Waals surface area contributed by atoms with Crippen molar-refractivity contribution < 1.29 is 91.7 Å². The molecule has 4 aliphatic rings. The third kappa shape index (κ3) is 27.0. The van der Waals surface area contributed by atoms with Crippen molar-refractivity contribution in [3.05, 3.63) is 184 Å². The number of unbranched alkanes of at least 4 members (excludes halogenated alkanes) is 1. The molecule has 39 heteroatoms. The van der Waals surface area contributed by atoms with Crippen LogP contribution in [0.5, 0.6) is 11.5 Å². The number of H-pyrrole nitrogens is 2. The number of aromatic amines is 2. The summed E-state index contributed by atoms with van der Waals surface area (Å²) in [6, 6.07) is 22.1. The quantitative estimate of drug-likeness (QED) is 0.0110. The number of alkyl carbamates (subject to hydrolysis) is 1. The lowest BCUT2D eigenvalue weighted by Crippen LogP contribution is -2.63. The van der Waals surface area contributed by atoms with E-state index < -0.39 is 167 Å². The Labute approximate surface area is 781 Å². The average Bonchev–Trinajstić information content (AvgIpc) is 1.56. The number of amides is 10. The molecule has 131 heavy (non-hydrogen) atoms. The van der Waals surface area contributed by atoms with Crippen LogP contribution in [0.3, 0.4) is 0 Å². The number of rotatable bonds is 30. The Morgan fingerprint density at radius 3 is 2.16 bits per heavy atom. The van der Waals surface area contributed by atoms with Gasteiger partial charge >= 0.3 is 12.1 Å². The zero-order valence-electron chi connectivity index (χ0n) is 74.5. The predicted octanol–water partition coefficient (Wildman–Crippen LogP) is 5.75. The molecule has 18 N–H and O–H groups in total. The molecule has 0 radical (unpaired) electrons. The zero-order valence-corrected chi connectivity index (χ0v) is 78.5. The Hall–Kier alpha value is -10.4. The van der Waals surface area contributed by atoms with Gasteiger partial charge in [0.05, 0.1) is 37.1 Å². The SMILES string of the molecule is COc1cc2cc(c1Cl)N(C)C(=O)[C@H](OC(=O)[C@H](C)N(C)C(=O)CCSSCCNC(=O)[C@H](Cc1c[nH]c3ccccc13)NC(=O)[C@@H]1CSSC[C@H](NC(=O)[C@H](N)Cc3ccccc3)C(=O)N[C@@H](Cc3ccc(O)cc3)CN[C@H](Cc3c[nH]c4ccccc34)C(=O)N[C@@H](CCCCN)C(=O)N[C@@H]([C@@H](C)O)C(=O)N1)[C@]1(C)O[C@H]1[C@H](C)[C@@H]1C[C@@](O)(NC(=O)O1)[C@H](OC)/C=C/C=C(\C)C2. The first-order valence-electron chi connectivity index (χ1n) is 43.4. The van der Waals surface area contributed by atoms with E-state index in [9.17, 15) is 48.9 Å². The van der Waals surface area contributed by atoms with Crippen molar-refractivity contribution in [1.82, 2.24) is 62.7 Å². The van der Waals surface area contributed by atoms with Gasteiger partial charge in [-0.25, -0.2) is 9.59 Å². The van der Waals surface area contributed by atoms with Gasteiger partial charge in [0.25, 0.3) is 5.91 Å². The van der Waals surface area contributed by atoms with Crippen LogP contribution in [0.2, 0.25) is 5.02 Å². The number of anilines is 1. The van der Waals surface area contributed by atoms with Gasteiger partial charge in [-0.2, -0.15) is 0 Å². The number of nitrogens with zero attached hydrogens (tertiary/aromatic N) is 2. The van der Waals surface area contributed by atoms with E-state index in [1.807, 2.05) is 91.9 Å². The lowest BCUT2D eigenvalue weighted by molar-refractivity contribution is -0.165. The highest BCUT2D eigenvalue weighted by atomic mass is 35.5. The second-order valence-electron chi connectivity index (χ2n) is 33.5. The maximum atomic E-state index is 15.3. The van der Waals surface area contributed by atoms with Crippen LogP contribution in [-0.4, -0.2) is 263 Å². The van der Waals surface area contributed by atoms with Crippen molar-refractivity contribution in [2.45, 2.75) is 195 Å². The van der Waals surface area contributed by atoms with Crippen LogP contribution < -0.4 is 69.0 Å². The fourth-order valence-corrected chi connectivity index (χ4v) is 20.6. The van der Waals surface area contributed by atoms with Gasteiger partial charge in [0, 0.05) is 123 Å². The third-order valence-corrected chi connectivity index (χ3v) is 29.0. The Bertz CT molecular complexity index is 5250. The summed E-state index contributed by atoms with van der Waals surface area (Å²) >= 11 is 6.96. The van der Waals surface area contributed by atoms with Crippen LogP contribution in [0.4, 0.5) is 10.5 Å². The van der Waals surface area contributed by atoms with Gasteiger partial charge in [-0.3, -0.25) is 48.5 Å². The lowest BCUT2D eigenvalue weighted by atomic mass is 9.84. The molecule has 0 unspecified atom stereocenters. The Morgan fingerprint density at radius 2 is 1.47 bits per heavy atom. The molecule has 11 rings (SSSR count). The number of fused-ring (bicyclic) bond motifs is 7. The molecule has 0 aliphatic carbocycles. The summed E-state index contributed by atoms with van der Waals surface area (Å²) in [5.41, 5.74) is 15.1. The van der Waals surface area contributed by atoms with Crippen LogP contribution >= 0.6 is 54.8 Å². The highest BCUT2D eigenvalue weighted by molar-refractivity contribution is 8.77. The van der Waals surface area contributed by atoms with Gasteiger partial charge in [-0.1, -0.05) is 164 Å². The maximum Gasteiger partial charge on any atom is 0.409 e. The highest BCUT2D eigenvalue weighted by Gasteiger charge is 2.67. The molecule has 10 amide bonds. The third-order valence-electron chi connectivity index (χ3n) is 23.8. The molecule has 4 bridgehead atoms. The number of epoxide rings is 1. The highest BCUT2D eigenvalue weighted by Crippen LogP contribution is 2.49. The Kier molecular flexibility index (Phi) is 36.6. The molecule has 7 aromatic rings. The maximum absolute atomic E-state index is 15.3. The lowest BCUT2D eigenvalue weighted by Gasteiger charge is -2.42. The Morgan fingerprint density at radius 1 is 0.794 bits per heavy atom. The topological polar surface area (TPSA) is 496 Å². The van der Waals surface area contributed by atoms with Crippen molar-refractivity contribution in [2.24, 2.45) is 17.4 Å². The first-order chi connectivity index (χ1) is 62.7. The van der Waals surface area contributed by atoms with Crippen molar-refractivity contribution in [2.75, 3.05) is 75.9 Å². The van der Waals surface area contributed by atoms with Gasteiger partial charge in [0.15, 0.2) is 5.72 Å². The number of aromatic nitrogens is 2. The van der Waals surface area contributed by atoms with Crippen molar-refractivity contribution in [3.8, 4) is 11.5 Å². The molecule has 17 atom stereocenters. The van der Waals surface area contributed by atoms with E-state index in [2.05, 4.69) is 57.8 Å². The van der Waals surface area contributed by atoms with Crippen LogP contribution in [0.25, 0.3) is 21.8 Å². The standard InChI is InChI=1S/C92H118ClN15O19S4/c1-51-20-19-28-75(124-9)92(122)45-74(125-90(121)106-92)52(2)79-91(5,127-79)80(88(119)108(7)72-41-57(38-51)42-73(123-8)77(72)93)126-89(120)53(3)107(6)76(111)33-36-128-129-37-35-96-82(113)69(44-59-47-98-66-26-16-14-24-63(59)66)102-86(117)71-50-131-130-49-70(103-81(112)64(95)40-55-21-11-10-12-22-55)85(116)100-60(39-56-29-31-61(110)32-30-56)48-99-68(43-58-46-97-65-25-15-13-23-62(58)65)84(115)101-67(27-17-18-34-94)83(114)105-78(54(4)109)87(118)104-71/h10-16,19-26,28-32,41-42,46-47,52-54,60,64,67-71,74-75,78-80,97-99,109-110,122H,17-18,27,33-40,43-45,48-50,94-95H2,1-9H3,(H,96,113)(H,100,116)(H,101,115)(H,102,117)(H,103,112)(H,104,118)(H,105,114)(H,106,121)/b28-19+,51-20+/t52-,53+,54-,60+,64-,67+,68-,69+,70+,71+,74+,75-,78+,79+,80+,91-,92+/m1/s1. The summed E-state index contributed by atoms with van der Waals surface area (Å²) in [5.74, 6) is -7.88. The number of methoxy groups -OCH3 is 2. The number of para-hydroxylation sites is 2. The van der Waals surface area contributed by atoms with Crippen LogP contribution in [-0.2, 0) is 99.0 Å². The van der Waals surface area contributed by atoms with Gasteiger partial charge in [0.1, 0.15) is 70.6 Å². The number of likely N-dealkylation sites (N-methyl/N-ethyl adjacent to an activating group) is 2. The number of phenolic OH excluding ortho intramolecular Hbond substituents is 1. The van der Waals surface area contributed by atoms with E-state index in [0.717, 1.165) is 60.1 Å². The molecule has 2 aromatic heterocycles. The molecule has 706 valence electrons. The molecule has 34 nitrogen and oxygen atoms in total. The number of hydrogen-bond acceptors (Lipinski definition) is 26. The number of aliphatic hydroxyl groups excluding tert-OH is 1. The minimum absolute atomic E-state index is 0.000128. The number of carbonyl (C=O) groups excluding carboxylic acids is 11. The van der Waals surface area contributed by atoms with E-state index in [1.54, 1.807) is 62.7 Å². The number of aliphatic hydroxyl groups is 2. The number of hydrogen-bond donors (Lipinski definition) is 16. The second-order valence-corrected chi connectivity index (χ2v) is 39.1. The molecule has 4 aliphatic heterocycles. The monoisotopic (exact) mass is 1900 g/mol. The van der Waals surface area contributed by atoms with E-state index in [0.29, 0.717) is 36.0 Å². The van der Waals surface area contributed by atoms with Gasteiger partial charge in [0.2, 0.25) is 53.4 Å². The molecular formula is C92H118ClN15O19S4. The van der Waals surface area contributed by atoms with Gasteiger partial charge in [-0.05, 0) is 143 Å². The number of benzene rings is 5. The molecule has 3 fully saturated rings. The van der Waals surface area contributed by atoms with Crippen molar-refractivity contribution in [1.29, 1.82) is 0 Å². The summed E-state index contributed by atoms with van der Waals surface area (Å²) in [4.78, 5) is 170. The predicted molar refractivity (Wildman–Crippen MR) is 506 cm³/mol. The number of nitrogens with one attached hydrogen (secondary N) is 11. The number of aromatic hydroxyl groups is 1. The summed E-state index contributed by atoms with van der Waals surface area (Å²) in [6.45, 7) is 8.12. The molecule has 6 heterocycles. The minimum atomic E-state index is -1.95. The summed E-state index contributed by atoms with van der Waals surface area (Å²) < 4.78 is 29.7. The van der Waals surface area contributed by atoms with Crippen LogP contribution in [0.15, 0.2) is 151 Å². The number of carbonyl (C=O) groups is 11. The number of nitrogens with two attached hydrogens (primary N) is 2. The number of ether oxygens (including phenoxy) is 5. The average molecular weight is 1900 g/mol. The fourth-order valence-electron chi connectivity index (χ4n) is 16.1. The molecule has 3 saturated heterocycles.